The van der Waals surface area contributed by atoms with E-state index in [0.717, 1.165) is 5.75 Å². The molecule has 0 fully saturated rings. The summed E-state index contributed by atoms with van der Waals surface area (Å²) in [5, 5.41) is 8.34. The van der Waals surface area contributed by atoms with Gasteiger partial charge in [0.25, 0.3) is 0 Å². The van der Waals surface area contributed by atoms with E-state index in [1.54, 1.807) is 0 Å². The normalized spacial score (nSPS) is 13.0. The summed E-state index contributed by atoms with van der Waals surface area (Å²) < 4.78 is 0. The Kier molecular flexibility index (Phi) is 5.49. The van der Waals surface area contributed by atoms with Crippen LogP contribution in [0, 0.1) is 0 Å². The molecule has 1 N–H and O–H groups in total. The van der Waals surface area contributed by atoms with Crippen LogP contribution in [0.5, 0.6) is 0 Å². The van der Waals surface area contributed by atoms with E-state index in [4.69, 9.17) is 5.11 Å². The average molecular weight is 163 g/mol. The molecule has 0 aliphatic heterocycles. The summed E-state index contributed by atoms with van der Waals surface area (Å²) in [7, 11) is 0.329. The Hall–Kier alpha value is -0.180. The number of carboxylic acid groups (broad SMARTS) is 1. The van der Waals surface area contributed by atoms with Crippen LogP contribution in [0.2, 0.25) is 0 Å². The zero-order chi connectivity index (χ0) is 7.98. The fraction of sp³-hybridized carbons (Fsp3) is 0.857. The summed E-state index contributed by atoms with van der Waals surface area (Å²) >= 11 is 0. The molecule has 0 radical (unpaired) electrons. The molecule has 0 aromatic rings. The fourth-order valence-corrected chi connectivity index (χ4v) is 2.14. The van der Waals surface area contributed by atoms with E-state index >= 15 is 0 Å². The number of rotatable bonds is 5. The number of carbonyl (C=O) groups is 1. The minimum atomic E-state index is -0.671. The second kappa shape index (κ2) is 5.59. The highest BCUT2D eigenvalue weighted by molar-refractivity contribution is 7.96. The zero-order valence-corrected chi connectivity index (χ0v) is 7.41. The highest BCUT2D eigenvalue weighted by atomic mass is 32.2. The van der Waals surface area contributed by atoms with Crippen molar-refractivity contribution in [3.8, 4) is 0 Å². The van der Waals surface area contributed by atoms with E-state index in [1.807, 2.05) is 0 Å². The molecule has 0 bridgehead atoms. The van der Waals surface area contributed by atoms with Gasteiger partial charge in [-0.2, -0.15) is 0 Å². The van der Waals surface area contributed by atoms with Crippen molar-refractivity contribution in [2.75, 3.05) is 17.8 Å². The quantitative estimate of drug-likeness (QED) is 0.617. The largest absolute Gasteiger partial charge is 0.481 e. The molecule has 0 heterocycles. The summed E-state index contributed by atoms with van der Waals surface area (Å²) in [6, 6.07) is 0. The van der Waals surface area contributed by atoms with E-state index in [0.29, 0.717) is 17.3 Å². The van der Waals surface area contributed by atoms with Gasteiger partial charge in [0.15, 0.2) is 0 Å². The van der Waals surface area contributed by atoms with Crippen molar-refractivity contribution in [1.82, 2.24) is 0 Å². The van der Waals surface area contributed by atoms with Gasteiger partial charge in [0.05, 0.1) is 12.7 Å². The molecule has 10 heavy (non-hydrogen) atoms. The predicted molar refractivity (Wildman–Crippen MR) is 45.6 cm³/mol. The van der Waals surface area contributed by atoms with Crippen molar-refractivity contribution in [2.45, 2.75) is 19.8 Å². The Bertz CT molecular complexity index is 104. The van der Waals surface area contributed by atoms with Gasteiger partial charge in [0, 0.05) is 0 Å². The van der Waals surface area contributed by atoms with Gasteiger partial charge < -0.3 is 5.11 Å². The molecule has 2 nitrogen and oxygen atoms in total. The number of hydrogen-bond donors (Lipinski definition) is 1. The molecule has 3 heteroatoms. The Morgan fingerprint density at radius 3 is 2.50 bits per heavy atom. The van der Waals surface area contributed by atoms with E-state index in [1.165, 1.54) is 12.2 Å². The molecule has 0 amide bonds. The first-order valence-electron chi connectivity index (χ1n) is 3.47. The SMILES string of the molecule is CCC[S+](C)CCC(=O)O. The molecule has 60 valence electrons. The first kappa shape index (κ1) is 9.82. The summed E-state index contributed by atoms with van der Waals surface area (Å²) in [5.74, 6) is 1.35. The van der Waals surface area contributed by atoms with Crippen molar-refractivity contribution in [3.63, 3.8) is 0 Å². The second-order valence-corrected chi connectivity index (χ2v) is 4.71. The molecular formula is C7H15O2S+. The van der Waals surface area contributed by atoms with Gasteiger partial charge in [0.2, 0.25) is 0 Å². The van der Waals surface area contributed by atoms with Crippen molar-refractivity contribution in [2.24, 2.45) is 0 Å². The topological polar surface area (TPSA) is 37.3 Å². The molecule has 0 rings (SSSR count). The van der Waals surface area contributed by atoms with Crippen LogP contribution in [0.1, 0.15) is 19.8 Å². The third kappa shape index (κ3) is 5.95. The first-order chi connectivity index (χ1) is 4.66. The molecule has 1 unspecified atom stereocenters. The highest BCUT2D eigenvalue weighted by Crippen LogP contribution is 1.96. The summed E-state index contributed by atoms with van der Waals surface area (Å²) in [5.41, 5.74) is 0. The van der Waals surface area contributed by atoms with Crippen LogP contribution in [-0.2, 0) is 15.7 Å². The molecule has 0 aromatic heterocycles. The third-order valence-electron chi connectivity index (χ3n) is 1.22. The minimum Gasteiger partial charge on any atom is -0.481 e. The van der Waals surface area contributed by atoms with Crippen LogP contribution in [0.3, 0.4) is 0 Å². The Morgan fingerprint density at radius 2 is 2.10 bits per heavy atom. The zero-order valence-electron chi connectivity index (χ0n) is 6.59. The van der Waals surface area contributed by atoms with Gasteiger partial charge >= 0.3 is 5.97 Å². The smallest absolute Gasteiger partial charge is 0.308 e. The highest BCUT2D eigenvalue weighted by Gasteiger charge is 2.10. The fourth-order valence-electron chi connectivity index (χ4n) is 0.712. The lowest BCUT2D eigenvalue weighted by atomic mass is 10.5. The van der Waals surface area contributed by atoms with Crippen LogP contribution < -0.4 is 0 Å². The summed E-state index contributed by atoms with van der Waals surface area (Å²) in [4.78, 5) is 10.1. The van der Waals surface area contributed by atoms with Crippen molar-refractivity contribution < 1.29 is 9.90 Å². The van der Waals surface area contributed by atoms with E-state index in [-0.39, 0.29) is 0 Å². The predicted octanol–water partition coefficient (Wildman–Crippen LogP) is 1.12. The molecule has 0 saturated carbocycles. The molecule has 0 spiro atoms. The van der Waals surface area contributed by atoms with Crippen LogP contribution in [0.25, 0.3) is 0 Å². The summed E-state index contributed by atoms with van der Waals surface area (Å²) in [6.07, 6.45) is 3.63. The van der Waals surface area contributed by atoms with Crippen LogP contribution in [-0.4, -0.2) is 28.8 Å². The van der Waals surface area contributed by atoms with Crippen LogP contribution in [0.4, 0.5) is 0 Å². The Labute approximate surface area is 65.0 Å². The molecule has 0 saturated heterocycles. The van der Waals surface area contributed by atoms with Crippen LogP contribution in [0.15, 0.2) is 0 Å². The van der Waals surface area contributed by atoms with Gasteiger partial charge in [-0.25, -0.2) is 0 Å². The maximum atomic E-state index is 10.1. The second-order valence-electron chi connectivity index (χ2n) is 2.33. The van der Waals surface area contributed by atoms with Gasteiger partial charge in [0.1, 0.15) is 11.5 Å². The molecular weight excluding hydrogens is 148 g/mol. The number of carboxylic acids is 1. The lowest BCUT2D eigenvalue weighted by Gasteiger charge is -1.97. The average Bonchev–Trinajstić information content (AvgIpc) is 1.85. The van der Waals surface area contributed by atoms with Crippen LogP contribution >= 0.6 is 0 Å². The minimum absolute atomic E-state index is 0.329. The number of aliphatic carboxylic acids is 1. The van der Waals surface area contributed by atoms with Crippen molar-refractivity contribution in [3.05, 3.63) is 0 Å². The molecule has 0 aliphatic carbocycles. The lowest BCUT2D eigenvalue weighted by Crippen LogP contribution is -2.12. The Balaban J connectivity index is 3.21. The standard InChI is InChI=1S/C7H14O2S/c1-3-5-10(2)6-4-7(8)9/h3-6H2,1-2H3/p+1. The maximum Gasteiger partial charge on any atom is 0.308 e. The maximum absolute atomic E-state index is 10.1. The van der Waals surface area contributed by atoms with Crippen molar-refractivity contribution >= 4 is 16.9 Å². The van der Waals surface area contributed by atoms with Crippen molar-refractivity contribution in [1.29, 1.82) is 0 Å². The molecule has 0 aliphatic rings. The summed E-state index contributed by atoms with van der Waals surface area (Å²) in [6.45, 7) is 2.13. The molecule has 1 atom stereocenters. The van der Waals surface area contributed by atoms with E-state index < -0.39 is 5.97 Å². The monoisotopic (exact) mass is 163 g/mol. The van der Waals surface area contributed by atoms with Gasteiger partial charge in [-0.15, -0.1) is 0 Å². The van der Waals surface area contributed by atoms with Gasteiger partial charge in [-0.05, 0) is 17.3 Å². The molecule has 0 aromatic carbocycles. The third-order valence-corrected chi connectivity index (χ3v) is 3.22. The Morgan fingerprint density at radius 1 is 1.50 bits per heavy atom. The van der Waals surface area contributed by atoms with Gasteiger partial charge in [-0.3, -0.25) is 4.79 Å². The van der Waals surface area contributed by atoms with E-state index in [9.17, 15) is 4.79 Å². The lowest BCUT2D eigenvalue weighted by molar-refractivity contribution is -0.136. The van der Waals surface area contributed by atoms with Gasteiger partial charge in [-0.1, -0.05) is 6.92 Å². The van der Waals surface area contributed by atoms with E-state index in [2.05, 4.69) is 13.2 Å². The first-order valence-corrected chi connectivity index (χ1v) is 5.45. The number of hydrogen-bond acceptors (Lipinski definition) is 1.